The lowest BCUT2D eigenvalue weighted by Crippen LogP contribution is -2.21. The summed E-state index contributed by atoms with van der Waals surface area (Å²) in [6.45, 7) is 11.7. The van der Waals surface area contributed by atoms with E-state index in [9.17, 15) is 0 Å². The third-order valence-electron chi connectivity index (χ3n) is 2.93. The van der Waals surface area contributed by atoms with Crippen molar-refractivity contribution in [2.24, 2.45) is 5.41 Å². The third kappa shape index (κ3) is 3.99. The molecule has 17 heavy (non-hydrogen) atoms. The Hall–Kier alpha value is -0.0200. The summed E-state index contributed by atoms with van der Waals surface area (Å²) in [6.07, 6.45) is 2.09. The van der Waals surface area contributed by atoms with Gasteiger partial charge in [-0.1, -0.05) is 48.3 Å². The summed E-state index contributed by atoms with van der Waals surface area (Å²) < 4.78 is 2.03. The van der Waals surface area contributed by atoms with E-state index in [4.69, 9.17) is 11.6 Å². The van der Waals surface area contributed by atoms with E-state index in [0.29, 0.717) is 4.83 Å². The van der Waals surface area contributed by atoms with Crippen LogP contribution in [0.2, 0.25) is 5.02 Å². The molecule has 1 unspecified atom stereocenters. The summed E-state index contributed by atoms with van der Waals surface area (Å²) in [5.74, 6) is 0. The number of hydrogen-bond donors (Lipinski definition) is 0. The number of hydrogen-bond acceptors (Lipinski definition) is 1. The minimum Gasteiger partial charge on any atom is -0.268 e. The molecule has 0 aromatic carbocycles. The molecule has 2 nitrogen and oxygen atoms in total. The molecule has 0 radical (unpaired) electrons. The second-order valence-corrected chi connectivity index (χ2v) is 7.43. The number of aromatic nitrogens is 2. The Labute approximate surface area is 118 Å². The minimum absolute atomic E-state index is 0.228. The van der Waals surface area contributed by atoms with E-state index in [1.807, 2.05) is 11.6 Å². The van der Waals surface area contributed by atoms with Gasteiger partial charge in [0.25, 0.3) is 0 Å². The van der Waals surface area contributed by atoms with E-state index < -0.39 is 0 Å². The Bertz CT molecular complexity index is 383. The Morgan fingerprint density at radius 3 is 2.53 bits per heavy atom. The maximum atomic E-state index is 6.34. The van der Waals surface area contributed by atoms with Gasteiger partial charge in [-0.3, -0.25) is 4.68 Å². The van der Waals surface area contributed by atoms with Crippen molar-refractivity contribution in [3.8, 4) is 0 Å². The van der Waals surface area contributed by atoms with Crippen LogP contribution in [0.1, 0.15) is 45.5 Å². The molecule has 0 aliphatic rings. The second-order valence-electron chi connectivity index (χ2n) is 5.49. The van der Waals surface area contributed by atoms with Crippen molar-refractivity contribution < 1.29 is 0 Å². The van der Waals surface area contributed by atoms with Gasteiger partial charge in [0, 0.05) is 11.4 Å². The Balaban J connectivity index is 2.94. The average molecular weight is 322 g/mol. The first-order chi connectivity index (χ1) is 7.76. The highest BCUT2D eigenvalue weighted by atomic mass is 79.9. The maximum absolute atomic E-state index is 6.34. The van der Waals surface area contributed by atoms with Gasteiger partial charge in [-0.05, 0) is 32.1 Å². The molecule has 0 fully saturated rings. The highest BCUT2D eigenvalue weighted by molar-refractivity contribution is 9.09. The molecule has 0 aliphatic heterocycles. The van der Waals surface area contributed by atoms with Crippen molar-refractivity contribution in [3.63, 3.8) is 0 Å². The molecule has 0 saturated carbocycles. The maximum Gasteiger partial charge on any atom is 0.0847 e. The molecular weight excluding hydrogens is 300 g/mol. The van der Waals surface area contributed by atoms with Gasteiger partial charge in [-0.25, -0.2) is 0 Å². The van der Waals surface area contributed by atoms with Gasteiger partial charge >= 0.3 is 0 Å². The first kappa shape index (κ1) is 15.0. The lowest BCUT2D eigenvalue weighted by atomic mass is 9.83. The Morgan fingerprint density at radius 1 is 1.47 bits per heavy atom. The van der Waals surface area contributed by atoms with Crippen LogP contribution in [0.4, 0.5) is 0 Å². The van der Waals surface area contributed by atoms with Gasteiger partial charge in [0.15, 0.2) is 0 Å². The van der Waals surface area contributed by atoms with E-state index in [0.717, 1.165) is 30.1 Å². The van der Waals surface area contributed by atoms with Gasteiger partial charge in [-0.15, -0.1) is 0 Å². The van der Waals surface area contributed by atoms with Crippen molar-refractivity contribution in [3.05, 3.63) is 16.4 Å². The van der Waals surface area contributed by atoms with Crippen LogP contribution >= 0.6 is 27.5 Å². The molecule has 0 spiro atoms. The summed E-state index contributed by atoms with van der Waals surface area (Å²) in [7, 11) is 0. The smallest absolute Gasteiger partial charge is 0.0847 e. The lowest BCUT2D eigenvalue weighted by molar-refractivity contribution is 0.324. The summed E-state index contributed by atoms with van der Waals surface area (Å²) in [5, 5.41) is 5.30. The molecule has 0 N–H and O–H groups in total. The number of alkyl halides is 1. The first-order valence-corrected chi connectivity index (χ1v) is 7.42. The van der Waals surface area contributed by atoms with Crippen LogP contribution in [-0.4, -0.2) is 14.6 Å². The lowest BCUT2D eigenvalue weighted by Gasteiger charge is -2.26. The second kappa shape index (κ2) is 5.75. The van der Waals surface area contributed by atoms with Crippen molar-refractivity contribution in [1.82, 2.24) is 9.78 Å². The normalized spacial score (nSPS) is 14.1. The average Bonchev–Trinajstić information content (AvgIpc) is 2.43. The highest BCUT2D eigenvalue weighted by Crippen LogP contribution is 2.33. The largest absolute Gasteiger partial charge is 0.268 e. The molecule has 0 amide bonds. The monoisotopic (exact) mass is 320 g/mol. The van der Waals surface area contributed by atoms with Crippen molar-refractivity contribution in [1.29, 1.82) is 0 Å². The predicted molar refractivity (Wildman–Crippen MR) is 78.1 cm³/mol. The molecule has 1 aromatic heterocycles. The van der Waals surface area contributed by atoms with Crippen molar-refractivity contribution in [2.75, 3.05) is 0 Å². The fourth-order valence-corrected chi connectivity index (χ4v) is 3.40. The molecule has 1 rings (SSSR count). The number of halogens is 2. The SMILES string of the molecule is CCn1nc(C)c(Cl)c1CC(C)(C)CC(C)Br. The van der Waals surface area contributed by atoms with Crippen LogP contribution < -0.4 is 0 Å². The van der Waals surface area contributed by atoms with Crippen molar-refractivity contribution in [2.45, 2.75) is 58.8 Å². The van der Waals surface area contributed by atoms with E-state index in [1.54, 1.807) is 0 Å². The number of nitrogens with zero attached hydrogens (tertiary/aromatic N) is 2. The minimum atomic E-state index is 0.228. The zero-order chi connectivity index (χ0) is 13.2. The summed E-state index contributed by atoms with van der Waals surface area (Å²) in [6, 6.07) is 0. The van der Waals surface area contributed by atoms with Gasteiger partial charge in [-0.2, -0.15) is 5.10 Å². The van der Waals surface area contributed by atoms with Crippen LogP contribution in [0, 0.1) is 12.3 Å². The van der Waals surface area contributed by atoms with Crippen LogP contribution in [-0.2, 0) is 13.0 Å². The summed E-state index contributed by atoms with van der Waals surface area (Å²) in [4.78, 5) is 0.523. The predicted octanol–water partition coefficient (Wildman–Crippen LogP) is 4.61. The molecule has 0 bridgehead atoms. The van der Waals surface area contributed by atoms with E-state index in [2.05, 4.69) is 48.7 Å². The van der Waals surface area contributed by atoms with Crippen LogP contribution in [0.3, 0.4) is 0 Å². The van der Waals surface area contributed by atoms with Gasteiger partial charge in [0.1, 0.15) is 0 Å². The fourth-order valence-electron chi connectivity index (χ4n) is 2.32. The molecular formula is C13H22BrClN2. The number of rotatable bonds is 5. The zero-order valence-electron chi connectivity index (χ0n) is 11.3. The third-order valence-corrected chi connectivity index (χ3v) is 3.75. The molecule has 1 heterocycles. The fraction of sp³-hybridized carbons (Fsp3) is 0.769. The molecule has 0 aliphatic carbocycles. The zero-order valence-corrected chi connectivity index (χ0v) is 13.7. The summed E-state index contributed by atoms with van der Waals surface area (Å²) >= 11 is 9.97. The number of aryl methyl sites for hydroxylation is 2. The van der Waals surface area contributed by atoms with Crippen LogP contribution in [0.15, 0.2) is 0 Å². The van der Waals surface area contributed by atoms with E-state index in [-0.39, 0.29) is 5.41 Å². The molecule has 1 atom stereocenters. The Morgan fingerprint density at radius 2 is 2.06 bits per heavy atom. The van der Waals surface area contributed by atoms with Crippen molar-refractivity contribution >= 4 is 27.5 Å². The first-order valence-electron chi connectivity index (χ1n) is 6.12. The molecule has 1 aromatic rings. The molecule has 98 valence electrons. The highest BCUT2D eigenvalue weighted by Gasteiger charge is 2.25. The standard InChI is InChI=1S/C13H22BrClN2/c1-6-17-11(12(15)10(3)16-17)8-13(4,5)7-9(2)14/h9H,6-8H2,1-5H3. The van der Waals surface area contributed by atoms with E-state index in [1.165, 1.54) is 5.69 Å². The quantitative estimate of drug-likeness (QED) is 0.724. The van der Waals surface area contributed by atoms with Gasteiger partial charge in [0.05, 0.1) is 16.4 Å². The van der Waals surface area contributed by atoms with E-state index >= 15 is 0 Å². The topological polar surface area (TPSA) is 17.8 Å². The van der Waals surface area contributed by atoms with Crippen LogP contribution in [0.5, 0.6) is 0 Å². The molecule has 4 heteroatoms. The van der Waals surface area contributed by atoms with Crippen LogP contribution in [0.25, 0.3) is 0 Å². The molecule has 0 saturated heterocycles. The Kier molecular flexibility index (Phi) is 5.08. The summed E-state index contributed by atoms with van der Waals surface area (Å²) in [5.41, 5.74) is 2.34. The van der Waals surface area contributed by atoms with Gasteiger partial charge < -0.3 is 0 Å². The van der Waals surface area contributed by atoms with Gasteiger partial charge in [0.2, 0.25) is 0 Å².